The molecule has 28 heavy (non-hydrogen) atoms. The molecule has 8 heteroatoms. The summed E-state index contributed by atoms with van der Waals surface area (Å²) in [5.41, 5.74) is 0.757. The number of benzene rings is 1. The molecule has 0 aliphatic carbocycles. The summed E-state index contributed by atoms with van der Waals surface area (Å²) >= 11 is 0. The zero-order valence-corrected chi connectivity index (χ0v) is 18.0. The van der Waals surface area contributed by atoms with Crippen molar-refractivity contribution in [3.63, 3.8) is 0 Å². The SMILES string of the molecule is COCCOc1ccc(S(=O)(=O)NC2CCN(C(=O)CC(C)C)CC2)cc1C. The molecule has 0 saturated carbocycles. The zero-order valence-electron chi connectivity index (χ0n) is 17.2. The highest BCUT2D eigenvalue weighted by Crippen LogP contribution is 2.23. The fraction of sp³-hybridized carbons (Fsp3) is 0.650. The number of rotatable bonds is 9. The van der Waals surface area contributed by atoms with Crippen molar-refractivity contribution in [2.75, 3.05) is 33.4 Å². The number of carbonyl (C=O) groups excluding carboxylic acids is 1. The molecule has 1 heterocycles. The molecule has 0 aromatic heterocycles. The summed E-state index contributed by atoms with van der Waals surface area (Å²) in [4.78, 5) is 14.2. The van der Waals surface area contributed by atoms with E-state index < -0.39 is 10.0 Å². The van der Waals surface area contributed by atoms with Gasteiger partial charge in [-0.3, -0.25) is 4.79 Å². The summed E-state index contributed by atoms with van der Waals surface area (Å²) in [6, 6.07) is 4.68. The van der Waals surface area contributed by atoms with E-state index in [1.165, 1.54) is 0 Å². The number of nitrogens with one attached hydrogen (secondary N) is 1. The smallest absolute Gasteiger partial charge is 0.240 e. The molecule has 1 saturated heterocycles. The lowest BCUT2D eigenvalue weighted by molar-refractivity contribution is -0.133. The molecule has 1 aromatic rings. The Morgan fingerprint density at radius 1 is 1.25 bits per heavy atom. The van der Waals surface area contributed by atoms with Crippen LogP contribution in [0.15, 0.2) is 23.1 Å². The number of hydrogen-bond acceptors (Lipinski definition) is 5. The van der Waals surface area contributed by atoms with Crippen molar-refractivity contribution < 1.29 is 22.7 Å². The molecule has 0 spiro atoms. The van der Waals surface area contributed by atoms with E-state index in [1.54, 1.807) is 25.3 Å². The van der Waals surface area contributed by atoms with Crippen molar-refractivity contribution in [3.8, 4) is 5.75 Å². The van der Waals surface area contributed by atoms with Crippen molar-refractivity contribution in [2.45, 2.75) is 51.0 Å². The van der Waals surface area contributed by atoms with Crippen LogP contribution in [-0.4, -0.2) is 58.7 Å². The molecule has 0 atom stereocenters. The Labute approximate surface area is 168 Å². The Bertz CT molecular complexity index is 756. The highest BCUT2D eigenvalue weighted by atomic mass is 32.2. The van der Waals surface area contributed by atoms with Crippen LogP contribution in [0.1, 0.15) is 38.7 Å². The summed E-state index contributed by atoms with van der Waals surface area (Å²) in [6.45, 7) is 7.92. The van der Waals surface area contributed by atoms with Gasteiger partial charge in [-0.15, -0.1) is 0 Å². The van der Waals surface area contributed by atoms with Crippen molar-refractivity contribution in [1.29, 1.82) is 0 Å². The van der Waals surface area contributed by atoms with Crippen molar-refractivity contribution >= 4 is 15.9 Å². The fourth-order valence-corrected chi connectivity index (χ4v) is 4.59. The second kappa shape index (κ2) is 10.2. The first-order valence-corrected chi connectivity index (χ1v) is 11.2. The van der Waals surface area contributed by atoms with Crippen molar-refractivity contribution in [1.82, 2.24) is 9.62 Å². The molecule has 1 fully saturated rings. The highest BCUT2D eigenvalue weighted by Gasteiger charge is 2.27. The van der Waals surface area contributed by atoms with E-state index in [9.17, 15) is 13.2 Å². The molecular weight excluding hydrogens is 380 g/mol. The number of ether oxygens (including phenoxy) is 2. The molecule has 7 nitrogen and oxygen atoms in total. The number of sulfonamides is 1. The summed E-state index contributed by atoms with van der Waals surface area (Å²) in [6.07, 6.45) is 1.79. The summed E-state index contributed by atoms with van der Waals surface area (Å²) in [7, 11) is -2.02. The van der Waals surface area contributed by atoms with E-state index in [2.05, 4.69) is 4.72 Å². The summed E-state index contributed by atoms with van der Waals surface area (Å²) in [5.74, 6) is 1.12. The van der Waals surface area contributed by atoms with Crippen LogP contribution in [0.2, 0.25) is 0 Å². The van der Waals surface area contributed by atoms with Gasteiger partial charge >= 0.3 is 0 Å². The Hall–Kier alpha value is -1.64. The molecule has 158 valence electrons. The fourth-order valence-electron chi connectivity index (χ4n) is 3.20. The minimum Gasteiger partial charge on any atom is -0.491 e. The van der Waals surface area contributed by atoms with Crippen molar-refractivity contribution in [3.05, 3.63) is 23.8 Å². The van der Waals surface area contributed by atoms with Gasteiger partial charge in [-0.1, -0.05) is 13.8 Å². The maximum absolute atomic E-state index is 12.7. The third-order valence-corrected chi connectivity index (χ3v) is 6.27. The van der Waals surface area contributed by atoms with E-state index in [0.717, 1.165) is 5.56 Å². The molecule has 2 rings (SSSR count). The third kappa shape index (κ3) is 6.46. The molecule has 1 N–H and O–H groups in total. The molecule has 1 aromatic carbocycles. The number of carbonyl (C=O) groups is 1. The van der Waals surface area contributed by atoms with Crippen LogP contribution >= 0.6 is 0 Å². The Balaban J connectivity index is 1.93. The number of amides is 1. The molecule has 1 amide bonds. The number of methoxy groups -OCH3 is 1. The number of hydrogen-bond donors (Lipinski definition) is 1. The second-order valence-electron chi connectivity index (χ2n) is 7.64. The standard InChI is InChI=1S/C20H32N2O5S/c1-15(2)13-20(23)22-9-7-17(8-10-22)21-28(24,25)18-5-6-19(16(3)14-18)27-12-11-26-4/h5-6,14-15,17,21H,7-13H2,1-4H3. The third-order valence-electron chi connectivity index (χ3n) is 4.75. The first-order valence-electron chi connectivity index (χ1n) is 9.75. The normalized spacial score (nSPS) is 15.8. The molecule has 1 aliphatic heterocycles. The summed E-state index contributed by atoms with van der Waals surface area (Å²) < 4.78 is 38.8. The number of piperidine rings is 1. The predicted molar refractivity (Wildman–Crippen MR) is 108 cm³/mol. The van der Waals surface area contributed by atoms with Crippen LogP contribution in [0.4, 0.5) is 0 Å². The lowest BCUT2D eigenvalue weighted by atomic mass is 10.0. The van der Waals surface area contributed by atoms with Gasteiger partial charge in [0, 0.05) is 32.7 Å². The number of aryl methyl sites for hydroxylation is 1. The van der Waals surface area contributed by atoms with Crippen molar-refractivity contribution in [2.24, 2.45) is 5.92 Å². The topological polar surface area (TPSA) is 84.9 Å². The molecular formula is C20H32N2O5S. The molecule has 0 radical (unpaired) electrons. The van der Waals surface area contributed by atoms with Gasteiger partial charge in [0.1, 0.15) is 12.4 Å². The monoisotopic (exact) mass is 412 g/mol. The van der Waals surface area contributed by atoms with Gasteiger partial charge in [-0.25, -0.2) is 13.1 Å². The van der Waals surface area contributed by atoms with Crippen LogP contribution in [0.3, 0.4) is 0 Å². The molecule has 0 bridgehead atoms. The van der Waals surface area contributed by atoms with E-state index in [0.29, 0.717) is 57.2 Å². The Morgan fingerprint density at radius 3 is 2.50 bits per heavy atom. The van der Waals surface area contributed by atoms with Gasteiger partial charge in [0.25, 0.3) is 0 Å². The van der Waals surface area contributed by atoms with Gasteiger partial charge in [-0.05, 0) is 49.4 Å². The first-order chi connectivity index (χ1) is 13.2. The van der Waals surface area contributed by atoms with Gasteiger partial charge in [0.2, 0.25) is 15.9 Å². The van der Waals surface area contributed by atoms with Crippen LogP contribution in [0.5, 0.6) is 5.75 Å². The van der Waals surface area contributed by atoms with E-state index in [-0.39, 0.29) is 16.8 Å². The average Bonchev–Trinajstić information content (AvgIpc) is 2.63. The number of nitrogens with zero attached hydrogens (tertiary/aromatic N) is 1. The average molecular weight is 413 g/mol. The zero-order chi connectivity index (χ0) is 20.7. The maximum atomic E-state index is 12.7. The van der Waals surface area contributed by atoms with Crippen LogP contribution in [0, 0.1) is 12.8 Å². The Kier molecular flexibility index (Phi) is 8.27. The largest absolute Gasteiger partial charge is 0.491 e. The summed E-state index contributed by atoms with van der Waals surface area (Å²) in [5, 5.41) is 0. The lowest BCUT2D eigenvalue weighted by Crippen LogP contribution is -2.46. The van der Waals surface area contributed by atoms with E-state index in [1.807, 2.05) is 25.7 Å². The quantitative estimate of drug-likeness (QED) is 0.629. The lowest BCUT2D eigenvalue weighted by Gasteiger charge is -2.32. The van der Waals surface area contributed by atoms with Gasteiger partial charge in [0.15, 0.2) is 0 Å². The second-order valence-corrected chi connectivity index (χ2v) is 9.36. The van der Waals surface area contributed by atoms with Gasteiger partial charge < -0.3 is 14.4 Å². The minimum atomic E-state index is -3.61. The van der Waals surface area contributed by atoms with Gasteiger partial charge in [-0.2, -0.15) is 0 Å². The predicted octanol–water partition coefficient (Wildman–Crippen LogP) is 2.34. The minimum absolute atomic E-state index is 0.149. The van der Waals surface area contributed by atoms with Crippen LogP contribution in [-0.2, 0) is 19.6 Å². The van der Waals surface area contributed by atoms with E-state index >= 15 is 0 Å². The van der Waals surface area contributed by atoms with Crippen LogP contribution < -0.4 is 9.46 Å². The Morgan fingerprint density at radius 2 is 1.93 bits per heavy atom. The van der Waals surface area contributed by atoms with Gasteiger partial charge in [0.05, 0.1) is 11.5 Å². The van der Waals surface area contributed by atoms with Crippen LogP contribution in [0.25, 0.3) is 0 Å². The molecule has 1 aliphatic rings. The number of likely N-dealkylation sites (tertiary alicyclic amines) is 1. The maximum Gasteiger partial charge on any atom is 0.240 e. The first kappa shape index (κ1) is 22.6. The van der Waals surface area contributed by atoms with E-state index in [4.69, 9.17) is 9.47 Å². The highest BCUT2D eigenvalue weighted by molar-refractivity contribution is 7.89. The molecule has 0 unspecified atom stereocenters.